The molecule has 0 bridgehead atoms. The van der Waals surface area contributed by atoms with Gasteiger partial charge in [-0.15, -0.1) is 0 Å². The number of rotatable bonds is 4. The zero-order valence-electron chi connectivity index (χ0n) is 11.5. The zero-order chi connectivity index (χ0) is 14.5. The number of hydrogen-bond acceptors (Lipinski definition) is 2. The largest absolute Gasteiger partial charge is 0.482 e. The Bertz CT molecular complexity index is 481. The molecule has 1 aliphatic rings. The van der Waals surface area contributed by atoms with Gasteiger partial charge in [0.25, 0.3) is 5.91 Å². The quantitative estimate of drug-likeness (QED) is 0.875. The first-order valence-corrected chi connectivity index (χ1v) is 8.10. The number of carbonyl (C=O) groups excluding carboxylic acids is 1. The predicted octanol–water partition coefficient (Wildman–Crippen LogP) is 4.18. The van der Waals surface area contributed by atoms with Crippen LogP contribution in [0.1, 0.15) is 32.6 Å². The fraction of sp³-hybridized carbons (Fsp3) is 0.533. The Kier molecular flexibility index (Phi) is 5.73. The van der Waals surface area contributed by atoms with Gasteiger partial charge in [0.15, 0.2) is 6.61 Å². The molecule has 0 unspecified atom stereocenters. The molecule has 2 rings (SSSR count). The predicted molar refractivity (Wildman–Crippen MR) is 84.2 cm³/mol. The van der Waals surface area contributed by atoms with Crippen LogP contribution in [0.3, 0.4) is 0 Å². The fourth-order valence-electron chi connectivity index (χ4n) is 2.51. The van der Waals surface area contributed by atoms with Gasteiger partial charge in [-0.05, 0) is 37.0 Å². The molecular weight excluding hydrogens is 342 g/mol. The number of amides is 1. The summed E-state index contributed by atoms with van der Waals surface area (Å²) in [7, 11) is 0. The Morgan fingerprint density at radius 2 is 2.20 bits per heavy atom. The van der Waals surface area contributed by atoms with Gasteiger partial charge in [0.05, 0.1) is 5.02 Å². The maximum atomic E-state index is 11.9. The first-order valence-electron chi connectivity index (χ1n) is 6.93. The van der Waals surface area contributed by atoms with Crippen LogP contribution >= 0.6 is 27.5 Å². The lowest BCUT2D eigenvalue weighted by atomic mass is 9.86. The van der Waals surface area contributed by atoms with Gasteiger partial charge < -0.3 is 10.1 Å². The van der Waals surface area contributed by atoms with Crippen LogP contribution in [0, 0.1) is 5.92 Å². The second kappa shape index (κ2) is 7.32. The molecule has 3 nitrogen and oxygen atoms in total. The van der Waals surface area contributed by atoms with Gasteiger partial charge in [-0.25, -0.2) is 0 Å². The van der Waals surface area contributed by atoms with Crippen molar-refractivity contribution in [2.45, 2.75) is 38.6 Å². The van der Waals surface area contributed by atoms with Crippen LogP contribution in [-0.2, 0) is 4.79 Å². The molecule has 0 saturated heterocycles. The second-order valence-corrected chi connectivity index (χ2v) is 6.62. The highest BCUT2D eigenvalue weighted by Crippen LogP contribution is 2.28. The van der Waals surface area contributed by atoms with E-state index in [1.807, 2.05) is 6.07 Å². The Balaban J connectivity index is 1.82. The third kappa shape index (κ3) is 4.38. The summed E-state index contributed by atoms with van der Waals surface area (Å²) in [5, 5.41) is 3.55. The molecule has 1 N–H and O–H groups in total. The van der Waals surface area contributed by atoms with Gasteiger partial charge >= 0.3 is 0 Å². The van der Waals surface area contributed by atoms with E-state index in [1.165, 1.54) is 19.3 Å². The molecule has 0 radical (unpaired) electrons. The molecule has 0 spiro atoms. The van der Waals surface area contributed by atoms with Crippen molar-refractivity contribution < 1.29 is 9.53 Å². The van der Waals surface area contributed by atoms with Gasteiger partial charge in [-0.1, -0.05) is 47.3 Å². The van der Waals surface area contributed by atoms with Gasteiger partial charge in [-0.2, -0.15) is 0 Å². The van der Waals surface area contributed by atoms with E-state index in [2.05, 4.69) is 28.2 Å². The summed E-state index contributed by atoms with van der Waals surface area (Å²) >= 11 is 9.37. The maximum absolute atomic E-state index is 11.9. The van der Waals surface area contributed by atoms with Crippen molar-refractivity contribution >= 4 is 33.4 Å². The number of ether oxygens (including phenoxy) is 1. The van der Waals surface area contributed by atoms with Crippen molar-refractivity contribution in [3.8, 4) is 5.75 Å². The SMILES string of the molecule is C[C@H]1CCCC[C@@H]1NC(=O)COc1ccc(Br)cc1Cl. The monoisotopic (exact) mass is 359 g/mol. The van der Waals surface area contributed by atoms with Crippen LogP contribution in [0.5, 0.6) is 5.75 Å². The van der Waals surface area contributed by atoms with E-state index in [1.54, 1.807) is 12.1 Å². The minimum atomic E-state index is -0.0808. The van der Waals surface area contributed by atoms with Crippen LogP contribution < -0.4 is 10.1 Å². The van der Waals surface area contributed by atoms with Crippen LogP contribution in [0.15, 0.2) is 22.7 Å². The Morgan fingerprint density at radius 1 is 1.45 bits per heavy atom. The third-order valence-electron chi connectivity index (χ3n) is 3.71. The van der Waals surface area contributed by atoms with Crippen LogP contribution in [0.2, 0.25) is 5.02 Å². The molecule has 0 aromatic heterocycles. The highest BCUT2D eigenvalue weighted by molar-refractivity contribution is 9.10. The van der Waals surface area contributed by atoms with Crippen LogP contribution in [0.25, 0.3) is 0 Å². The van der Waals surface area contributed by atoms with Crippen molar-refractivity contribution in [3.05, 3.63) is 27.7 Å². The molecule has 0 heterocycles. The summed E-state index contributed by atoms with van der Waals surface area (Å²) in [6, 6.07) is 5.61. The Labute approximate surface area is 133 Å². The minimum Gasteiger partial charge on any atom is -0.482 e. The standard InChI is InChI=1S/C15H19BrClNO2/c1-10-4-2-3-5-13(10)18-15(19)9-20-14-7-6-11(16)8-12(14)17/h6-8,10,13H,2-5,9H2,1H3,(H,18,19)/t10-,13-/m0/s1. The average Bonchev–Trinajstić information content (AvgIpc) is 2.40. The van der Waals surface area contributed by atoms with Crippen LogP contribution in [-0.4, -0.2) is 18.6 Å². The van der Waals surface area contributed by atoms with Crippen molar-refractivity contribution in [3.63, 3.8) is 0 Å². The second-order valence-electron chi connectivity index (χ2n) is 5.30. The molecule has 1 saturated carbocycles. The summed E-state index contributed by atoms with van der Waals surface area (Å²) in [4.78, 5) is 11.9. The molecule has 5 heteroatoms. The number of nitrogens with one attached hydrogen (secondary N) is 1. The van der Waals surface area contributed by atoms with Gasteiger partial charge in [0, 0.05) is 10.5 Å². The maximum Gasteiger partial charge on any atom is 0.258 e. The summed E-state index contributed by atoms with van der Waals surface area (Å²) in [5.74, 6) is 0.994. The van der Waals surface area contributed by atoms with Gasteiger partial charge in [-0.3, -0.25) is 4.79 Å². The van der Waals surface area contributed by atoms with Crippen molar-refractivity contribution in [2.75, 3.05) is 6.61 Å². The van der Waals surface area contributed by atoms with E-state index in [9.17, 15) is 4.79 Å². The fourth-order valence-corrected chi connectivity index (χ4v) is 3.24. The topological polar surface area (TPSA) is 38.3 Å². The summed E-state index contributed by atoms with van der Waals surface area (Å²) < 4.78 is 6.35. The summed E-state index contributed by atoms with van der Waals surface area (Å²) in [6.45, 7) is 2.20. The normalized spacial score (nSPS) is 22.4. The van der Waals surface area contributed by atoms with Crippen molar-refractivity contribution in [2.24, 2.45) is 5.92 Å². The number of hydrogen-bond donors (Lipinski definition) is 1. The molecule has 20 heavy (non-hydrogen) atoms. The molecule has 110 valence electrons. The molecule has 1 fully saturated rings. The highest BCUT2D eigenvalue weighted by Gasteiger charge is 2.22. The molecule has 1 aromatic rings. The van der Waals surface area contributed by atoms with Crippen LogP contribution in [0.4, 0.5) is 0 Å². The van der Waals surface area contributed by atoms with E-state index in [0.29, 0.717) is 16.7 Å². The van der Waals surface area contributed by atoms with E-state index in [-0.39, 0.29) is 18.6 Å². The summed E-state index contributed by atoms with van der Waals surface area (Å²) in [5.41, 5.74) is 0. The molecule has 1 amide bonds. The lowest BCUT2D eigenvalue weighted by Gasteiger charge is -2.29. The van der Waals surface area contributed by atoms with E-state index in [0.717, 1.165) is 10.9 Å². The lowest BCUT2D eigenvalue weighted by Crippen LogP contribution is -2.43. The number of carbonyl (C=O) groups is 1. The number of benzene rings is 1. The minimum absolute atomic E-state index is 0.00454. The third-order valence-corrected chi connectivity index (χ3v) is 4.50. The lowest BCUT2D eigenvalue weighted by molar-refractivity contribution is -0.124. The van der Waals surface area contributed by atoms with E-state index >= 15 is 0 Å². The molecule has 2 atom stereocenters. The smallest absolute Gasteiger partial charge is 0.258 e. The molecule has 1 aromatic carbocycles. The van der Waals surface area contributed by atoms with E-state index in [4.69, 9.17) is 16.3 Å². The Hall–Kier alpha value is -0.740. The van der Waals surface area contributed by atoms with Gasteiger partial charge in [0.1, 0.15) is 5.75 Å². The average molecular weight is 361 g/mol. The molecular formula is C15H19BrClNO2. The first kappa shape index (κ1) is 15.6. The van der Waals surface area contributed by atoms with Crippen molar-refractivity contribution in [1.82, 2.24) is 5.32 Å². The van der Waals surface area contributed by atoms with Crippen molar-refractivity contribution in [1.29, 1.82) is 0 Å². The molecule has 1 aliphatic carbocycles. The Morgan fingerprint density at radius 3 is 2.90 bits per heavy atom. The zero-order valence-corrected chi connectivity index (χ0v) is 13.8. The van der Waals surface area contributed by atoms with E-state index < -0.39 is 0 Å². The number of halogens is 2. The summed E-state index contributed by atoms with van der Waals surface area (Å²) in [6.07, 6.45) is 4.70. The molecule has 0 aliphatic heterocycles. The first-order chi connectivity index (χ1) is 9.56. The highest BCUT2D eigenvalue weighted by atomic mass is 79.9. The van der Waals surface area contributed by atoms with Gasteiger partial charge in [0.2, 0.25) is 0 Å².